The minimum absolute atomic E-state index is 0.0432. The third-order valence-corrected chi connectivity index (χ3v) is 8.54. The van der Waals surface area contributed by atoms with Crippen molar-refractivity contribution in [2.45, 2.75) is 43.9 Å². The van der Waals surface area contributed by atoms with Gasteiger partial charge in [0.15, 0.2) is 5.13 Å². The summed E-state index contributed by atoms with van der Waals surface area (Å²) < 4.78 is 40.2. The van der Waals surface area contributed by atoms with Crippen molar-refractivity contribution >= 4 is 32.4 Å². The number of nitrogens with zero attached hydrogens (tertiary/aromatic N) is 2. The van der Waals surface area contributed by atoms with Crippen LogP contribution in [0.2, 0.25) is 0 Å². The third kappa shape index (κ3) is 4.36. The van der Waals surface area contributed by atoms with Gasteiger partial charge in [-0.05, 0) is 62.3 Å². The number of aryl methyl sites for hydroxylation is 1. The second-order valence-electron chi connectivity index (χ2n) is 7.88. The van der Waals surface area contributed by atoms with Gasteiger partial charge in [-0.25, -0.2) is 17.8 Å². The number of thiazole rings is 1. The normalized spacial score (nSPS) is 22.8. The lowest BCUT2D eigenvalue weighted by Gasteiger charge is -2.31. The van der Waals surface area contributed by atoms with Gasteiger partial charge in [-0.15, -0.1) is 11.3 Å². The summed E-state index contributed by atoms with van der Waals surface area (Å²) in [5.41, 5.74) is 1.08. The standard InChI is InChI=1S/C20H24FN3O3S2/c1-13-4-9-17-18(11-13)28-20(22-17)23-19(25)14-3-2-10-24(12-14)29(26,27)16-7-5-15(21)6-8-16/h5-8,13-14H,2-4,9-12H2,1H3,(H,22,23,25). The number of sulfonamides is 1. The Morgan fingerprint density at radius 3 is 2.79 bits per heavy atom. The molecule has 29 heavy (non-hydrogen) atoms. The lowest BCUT2D eigenvalue weighted by molar-refractivity contribution is -0.120. The molecule has 1 aromatic carbocycles. The molecule has 2 heterocycles. The van der Waals surface area contributed by atoms with E-state index in [1.54, 1.807) is 0 Å². The zero-order valence-corrected chi connectivity index (χ0v) is 17.9. The number of hydrogen-bond acceptors (Lipinski definition) is 5. The van der Waals surface area contributed by atoms with Crippen LogP contribution in [0.4, 0.5) is 9.52 Å². The molecule has 2 aliphatic rings. The Balaban J connectivity index is 1.44. The van der Waals surface area contributed by atoms with Crippen LogP contribution in [0.1, 0.15) is 36.8 Å². The minimum atomic E-state index is -3.75. The fourth-order valence-corrected chi connectivity index (χ4v) is 6.63. The number of halogens is 1. The van der Waals surface area contributed by atoms with Crippen molar-refractivity contribution in [3.8, 4) is 0 Å². The molecule has 1 aliphatic heterocycles. The summed E-state index contributed by atoms with van der Waals surface area (Å²) in [6.07, 6.45) is 4.28. The Bertz CT molecular complexity index is 1000. The number of hydrogen-bond donors (Lipinski definition) is 1. The molecule has 1 fully saturated rings. The number of anilines is 1. The maximum atomic E-state index is 13.1. The molecule has 0 saturated carbocycles. The molecule has 1 N–H and O–H groups in total. The maximum Gasteiger partial charge on any atom is 0.243 e. The first kappa shape index (κ1) is 20.4. The van der Waals surface area contributed by atoms with Crippen LogP contribution in [0.3, 0.4) is 0 Å². The van der Waals surface area contributed by atoms with Crippen LogP contribution in [0.25, 0.3) is 0 Å². The third-order valence-electron chi connectivity index (χ3n) is 5.62. The number of benzene rings is 1. The topological polar surface area (TPSA) is 79.4 Å². The summed E-state index contributed by atoms with van der Waals surface area (Å²) in [4.78, 5) is 18.6. The van der Waals surface area contributed by atoms with E-state index in [4.69, 9.17) is 0 Å². The van der Waals surface area contributed by atoms with E-state index in [1.165, 1.54) is 32.7 Å². The predicted molar refractivity (Wildman–Crippen MR) is 110 cm³/mol. The van der Waals surface area contributed by atoms with Crippen molar-refractivity contribution in [3.05, 3.63) is 40.7 Å². The van der Waals surface area contributed by atoms with E-state index in [9.17, 15) is 17.6 Å². The van der Waals surface area contributed by atoms with Gasteiger partial charge in [0.2, 0.25) is 15.9 Å². The smallest absolute Gasteiger partial charge is 0.243 e. The van der Waals surface area contributed by atoms with E-state index < -0.39 is 21.8 Å². The maximum absolute atomic E-state index is 13.1. The summed E-state index contributed by atoms with van der Waals surface area (Å²) in [7, 11) is -3.75. The SMILES string of the molecule is CC1CCc2nc(NC(=O)C3CCCN(S(=O)(=O)c4ccc(F)cc4)C3)sc2C1. The number of carbonyl (C=O) groups excluding carboxylic acids is 1. The second-order valence-corrected chi connectivity index (χ2v) is 10.9. The van der Waals surface area contributed by atoms with Gasteiger partial charge in [-0.1, -0.05) is 6.92 Å². The number of fused-ring (bicyclic) bond motifs is 1. The lowest BCUT2D eigenvalue weighted by Crippen LogP contribution is -2.43. The first-order valence-corrected chi connectivity index (χ1v) is 12.1. The molecular weight excluding hydrogens is 413 g/mol. The van der Waals surface area contributed by atoms with Gasteiger partial charge in [0.25, 0.3) is 0 Å². The van der Waals surface area contributed by atoms with Crippen molar-refractivity contribution in [2.75, 3.05) is 18.4 Å². The Hall–Kier alpha value is -1.84. The Morgan fingerprint density at radius 2 is 2.03 bits per heavy atom. The Kier molecular flexibility index (Phi) is 5.72. The van der Waals surface area contributed by atoms with Gasteiger partial charge in [0, 0.05) is 18.0 Å². The molecule has 0 bridgehead atoms. The molecule has 4 rings (SSSR count). The molecule has 156 valence electrons. The molecule has 1 aliphatic carbocycles. The number of carbonyl (C=O) groups is 1. The zero-order chi connectivity index (χ0) is 20.6. The largest absolute Gasteiger partial charge is 0.302 e. The van der Waals surface area contributed by atoms with Crippen molar-refractivity contribution in [1.29, 1.82) is 0 Å². The number of rotatable bonds is 4. The van der Waals surface area contributed by atoms with Crippen molar-refractivity contribution in [2.24, 2.45) is 11.8 Å². The fraction of sp³-hybridized carbons (Fsp3) is 0.500. The van der Waals surface area contributed by atoms with E-state index in [0.29, 0.717) is 30.4 Å². The van der Waals surface area contributed by atoms with Crippen LogP contribution < -0.4 is 5.32 Å². The van der Waals surface area contributed by atoms with Crippen LogP contribution in [0, 0.1) is 17.7 Å². The highest BCUT2D eigenvalue weighted by atomic mass is 32.2. The van der Waals surface area contributed by atoms with E-state index in [-0.39, 0.29) is 17.3 Å². The van der Waals surface area contributed by atoms with E-state index in [2.05, 4.69) is 17.2 Å². The number of nitrogens with one attached hydrogen (secondary N) is 1. The first-order chi connectivity index (χ1) is 13.8. The van der Waals surface area contributed by atoms with Gasteiger partial charge < -0.3 is 5.32 Å². The zero-order valence-electron chi connectivity index (χ0n) is 16.2. The average Bonchev–Trinajstić information content (AvgIpc) is 3.09. The molecule has 2 unspecified atom stereocenters. The van der Waals surface area contributed by atoms with Crippen LogP contribution >= 0.6 is 11.3 Å². The molecule has 1 amide bonds. The van der Waals surface area contributed by atoms with Crippen LogP contribution in [-0.2, 0) is 27.7 Å². The highest BCUT2D eigenvalue weighted by molar-refractivity contribution is 7.89. The van der Waals surface area contributed by atoms with Crippen molar-refractivity contribution < 1.29 is 17.6 Å². The van der Waals surface area contributed by atoms with Gasteiger partial charge in [-0.2, -0.15) is 4.31 Å². The van der Waals surface area contributed by atoms with Gasteiger partial charge in [0.05, 0.1) is 16.5 Å². The summed E-state index contributed by atoms with van der Waals surface area (Å²) >= 11 is 1.53. The molecule has 2 aromatic rings. The molecule has 9 heteroatoms. The van der Waals surface area contributed by atoms with E-state index in [0.717, 1.165) is 37.1 Å². The summed E-state index contributed by atoms with van der Waals surface area (Å²) in [5.74, 6) is -0.475. The summed E-state index contributed by atoms with van der Waals surface area (Å²) in [5, 5.41) is 3.50. The molecule has 0 spiro atoms. The quantitative estimate of drug-likeness (QED) is 0.795. The molecular formula is C20H24FN3O3S2. The number of amides is 1. The minimum Gasteiger partial charge on any atom is -0.302 e. The van der Waals surface area contributed by atoms with E-state index in [1.807, 2.05) is 0 Å². The van der Waals surface area contributed by atoms with Gasteiger partial charge in [-0.3, -0.25) is 4.79 Å². The Labute approximate surface area is 174 Å². The van der Waals surface area contributed by atoms with Crippen LogP contribution in [0.5, 0.6) is 0 Å². The highest BCUT2D eigenvalue weighted by Crippen LogP contribution is 2.33. The number of piperidine rings is 1. The Morgan fingerprint density at radius 1 is 1.28 bits per heavy atom. The monoisotopic (exact) mass is 437 g/mol. The molecule has 1 saturated heterocycles. The van der Waals surface area contributed by atoms with E-state index >= 15 is 0 Å². The molecule has 6 nitrogen and oxygen atoms in total. The molecule has 0 radical (unpaired) electrons. The average molecular weight is 438 g/mol. The van der Waals surface area contributed by atoms with Gasteiger partial charge >= 0.3 is 0 Å². The highest BCUT2D eigenvalue weighted by Gasteiger charge is 2.34. The predicted octanol–water partition coefficient (Wildman–Crippen LogP) is 3.45. The summed E-state index contributed by atoms with van der Waals surface area (Å²) in [6, 6.07) is 4.78. The molecule has 1 aromatic heterocycles. The first-order valence-electron chi connectivity index (χ1n) is 9.88. The second kappa shape index (κ2) is 8.12. The van der Waals surface area contributed by atoms with Gasteiger partial charge in [0.1, 0.15) is 5.82 Å². The van der Waals surface area contributed by atoms with Crippen LogP contribution in [-0.4, -0.2) is 36.7 Å². The lowest BCUT2D eigenvalue weighted by atomic mass is 9.93. The fourth-order valence-electron chi connectivity index (χ4n) is 3.93. The molecule has 2 atom stereocenters. The van der Waals surface area contributed by atoms with Crippen molar-refractivity contribution in [1.82, 2.24) is 9.29 Å². The van der Waals surface area contributed by atoms with Crippen molar-refractivity contribution in [3.63, 3.8) is 0 Å². The van der Waals surface area contributed by atoms with Crippen LogP contribution in [0.15, 0.2) is 29.2 Å². The number of aromatic nitrogens is 1. The summed E-state index contributed by atoms with van der Waals surface area (Å²) in [6.45, 7) is 2.69.